The number of fused-ring (bicyclic) bond motifs is 2. The van der Waals surface area contributed by atoms with Crippen LogP contribution in [0.5, 0.6) is 5.75 Å². The Labute approximate surface area is 105 Å². The van der Waals surface area contributed by atoms with Crippen LogP contribution in [0.2, 0.25) is 0 Å². The first-order valence-corrected chi connectivity index (χ1v) is 6.17. The van der Waals surface area contributed by atoms with Crippen molar-refractivity contribution in [2.45, 2.75) is 31.1 Å². The molecular formula is C14H15NO3. The molecule has 1 heterocycles. The van der Waals surface area contributed by atoms with Gasteiger partial charge in [0.2, 0.25) is 11.8 Å². The van der Waals surface area contributed by atoms with Crippen LogP contribution >= 0.6 is 0 Å². The lowest BCUT2D eigenvalue weighted by Gasteiger charge is -2.32. The largest absolute Gasteiger partial charge is 0.497 e. The second-order valence-corrected chi connectivity index (χ2v) is 5.01. The minimum Gasteiger partial charge on any atom is -0.497 e. The zero-order chi connectivity index (χ0) is 12.8. The number of amides is 2. The van der Waals surface area contributed by atoms with E-state index in [4.69, 9.17) is 4.74 Å². The Kier molecular flexibility index (Phi) is 2.40. The number of carbonyl (C=O) groups excluding carboxylic acids is 2. The molecule has 1 atom stereocenters. The number of ether oxygens (including phenoxy) is 1. The fourth-order valence-corrected chi connectivity index (χ4v) is 3.13. The van der Waals surface area contributed by atoms with Gasteiger partial charge in [0.25, 0.3) is 0 Å². The number of hydrogen-bond acceptors (Lipinski definition) is 3. The van der Waals surface area contributed by atoms with Gasteiger partial charge in [0, 0.05) is 6.42 Å². The van der Waals surface area contributed by atoms with Crippen LogP contribution < -0.4 is 10.1 Å². The van der Waals surface area contributed by atoms with Crippen LogP contribution in [-0.4, -0.2) is 18.9 Å². The SMILES string of the molecule is COc1ccc2c(c1)[C@]1(CCC2)CC(=O)NC1=O. The zero-order valence-corrected chi connectivity index (χ0v) is 10.3. The van der Waals surface area contributed by atoms with Crippen molar-refractivity contribution in [3.05, 3.63) is 29.3 Å². The number of aryl methyl sites for hydroxylation is 1. The lowest BCUT2D eigenvalue weighted by atomic mass is 9.69. The maximum atomic E-state index is 12.2. The topological polar surface area (TPSA) is 55.4 Å². The highest BCUT2D eigenvalue weighted by Crippen LogP contribution is 2.43. The molecule has 4 nitrogen and oxygen atoms in total. The van der Waals surface area contributed by atoms with E-state index >= 15 is 0 Å². The lowest BCUT2D eigenvalue weighted by Crippen LogP contribution is -2.38. The van der Waals surface area contributed by atoms with Gasteiger partial charge in [0.15, 0.2) is 0 Å². The predicted molar refractivity (Wildman–Crippen MR) is 65.4 cm³/mol. The molecule has 1 aliphatic carbocycles. The number of carbonyl (C=O) groups is 2. The summed E-state index contributed by atoms with van der Waals surface area (Å²) >= 11 is 0. The van der Waals surface area contributed by atoms with Gasteiger partial charge in [-0.1, -0.05) is 6.07 Å². The first kappa shape index (κ1) is 11.3. The molecule has 0 aromatic heterocycles. The molecule has 3 rings (SSSR count). The Bertz CT molecular complexity index is 538. The lowest BCUT2D eigenvalue weighted by molar-refractivity contribution is -0.126. The highest BCUT2D eigenvalue weighted by molar-refractivity contribution is 6.09. The van der Waals surface area contributed by atoms with Crippen molar-refractivity contribution in [3.8, 4) is 5.75 Å². The molecule has 94 valence electrons. The first-order valence-electron chi connectivity index (χ1n) is 6.17. The molecule has 2 aliphatic rings. The third-order valence-electron chi connectivity index (χ3n) is 4.03. The first-order chi connectivity index (χ1) is 8.65. The Morgan fingerprint density at radius 3 is 2.83 bits per heavy atom. The Hall–Kier alpha value is -1.84. The monoisotopic (exact) mass is 245 g/mol. The van der Waals surface area contributed by atoms with Crippen molar-refractivity contribution in [2.75, 3.05) is 7.11 Å². The van der Waals surface area contributed by atoms with E-state index in [-0.39, 0.29) is 18.2 Å². The third kappa shape index (κ3) is 1.45. The van der Waals surface area contributed by atoms with Crippen molar-refractivity contribution < 1.29 is 14.3 Å². The molecule has 1 spiro atoms. The van der Waals surface area contributed by atoms with Crippen LogP contribution in [0.3, 0.4) is 0 Å². The van der Waals surface area contributed by atoms with Crippen LogP contribution in [0.4, 0.5) is 0 Å². The summed E-state index contributed by atoms with van der Waals surface area (Å²) in [5.74, 6) is 0.416. The van der Waals surface area contributed by atoms with Gasteiger partial charge in [-0.05, 0) is 42.5 Å². The maximum Gasteiger partial charge on any atom is 0.237 e. The van der Waals surface area contributed by atoms with E-state index in [9.17, 15) is 9.59 Å². The van der Waals surface area contributed by atoms with Crippen LogP contribution in [0.1, 0.15) is 30.4 Å². The molecule has 0 radical (unpaired) electrons. The fourth-order valence-electron chi connectivity index (χ4n) is 3.13. The van der Waals surface area contributed by atoms with E-state index in [1.165, 1.54) is 0 Å². The van der Waals surface area contributed by atoms with Gasteiger partial charge in [-0.3, -0.25) is 14.9 Å². The second kappa shape index (κ2) is 3.83. The Morgan fingerprint density at radius 2 is 2.17 bits per heavy atom. The minimum atomic E-state index is -0.654. The Morgan fingerprint density at radius 1 is 1.33 bits per heavy atom. The second-order valence-electron chi connectivity index (χ2n) is 5.01. The number of imide groups is 1. The molecular weight excluding hydrogens is 230 g/mol. The number of hydrogen-bond donors (Lipinski definition) is 1. The predicted octanol–water partition coefficient (Wildman–Crippen LogP) is 1.32. The van der Waals surface area contributed by atoms with Crippen molar-refractivity contribution in [1.29, 1.82) is 0 Å². The summed E-state index contributed by atoms with van der Waals surface area (Å²) in [6.07, 6.45) is 2.92. The average Bonchev–Trinajstić information content (AvgIpc) is 2.65. The number of rotatable bonds is 1. The molecule has 1 fully saturated rings. The quantitative estimate of drug-likeness (QED) is 0.759. The summed E-state index contributed by atoms with van der Waals surface area (Å²) in [6, 6.07) is 5.82. The summed E-state index contributed by atoms with van der Waals surface area (Å²) in [5, 5.41) is 2.44. The molecule has 0 bridgehead atoms. The van der Waals surface area contributed by atoms with Crippen LogP contribution in [-0.2, 0) is 21.4 Å². The molecule has 0 unspecified atom stereocenters. The smallest absolute Gasteiger partial charge is 0.237 e. The van der Waals surface area contributed by atoms with Gasteiger partial charge < -0.3 is 4.74 Å². The van der Waals surface area contributed by atoms with Gasteiger partial charge in [-0.15, -0.1) is 0 Å². The highest BCUT2D eigenvalue weighted by atomic mass is 16.5. The molecule has 1 aliphatic heterocycles. The number of benzene rings is 1. The highest BCUT2D eigenvalue weighted by Gasteiger charge is 2.50. The van der Waals surface area contributed by atoms with Crippen molar-refractivity contribution in [1.82, 2.24) is 5.32 Å². The maximum absolute atomic E-state index is 12.2. The fraction of sp³-hybridized carbons (Fsp3) is 0.429. The van der Waals surface area contributed by atoms with E-state index < -0.39 is 5.41 Å². The number of nitrogens with one attached hydrogen (secondary N) is 1. The third-order valence-corrected chi connectivity index (χ3v) is 4.03. The van der Waals surface area contributed by atoms with Crippen molar-refractivity contribution >= 4 is 11.8 Å². The van der Waals surface area contributed by atoms with Crippen molar-refractivity contribution in [2.24, 2.45) is 0 Å². The molecule has 0 saturated carbocycles. The van der Waals surface area contributed by atoms with E-state index in [2.05, 4.69) is 5.32 Å². The van der Waals surface area contributed by atoms with Gasteiger partial charge in [-0.25, -0.2) is 0 Å². The van der Waals surface area contributed by atoms with Gasteiger partial charge in [0.1, 0.15) is 5.75 Å². The molecule has 4 heteroatoms. The Balaban J connectivity index is 2.16. The minimum absolute atomic E-state index is 0.151. The summed E-state index contributed by atoms with van der Waals surface area (Å²) in [4.78, 5) is 23.7. The molecule has 18 heavy (non-hydrogen) atoms. The van der Waals surface area contributed by atoms with Gasteiger partial charge >= 0.3 is 0 Å². The van der Waals surface area contributed by atoms with E-state index in [0.29, 0.717) is 0 Å². The standard InChI is InChI=1S/C14H15NO3/c1-18-10-5-4-9-3-2-6-14(11(9)7-10)8-12(16)15-13(14)17/h4-5,7H,2-3,6,8H2,1H3,(H,15,16,17)/t14-/m0/s1. The van der Waals surface area contributed by atoms with Crippen LogP contribution in [0.15, 0.2) is 18.2 Å². The van der Waals surface area contributed by atoms with Crippen molar-refractivity contribution in [3.63, 3.8) is 0 Å². The van der Waals surface area contributed by atoms with E-state index in [0.717, 1.165) is 36.1 Å². The van der Waals surface area contributed by atoms with E-state index in [1.54, 1.807) is 7.11 Å². The summed E-state index contributed by atoms with van der Waals surface area (Å²) in [5.41, 5.74) is 1.47. The zero-order valence-electron chi connectivity index (χ0n) is 10.3. The summed E-state index contributed by atoms with van der Waals surface area (Å²) in [6.45, 7) is 0. The molecule has 1 aromatic carbocycles. The summed E-state index contributed by atoms with van der Waals surface area (Å²) < 4.78 is 5.23. The molecule has 1 saturated heterocycles. The van der Waals surface area contributed by atoms with Gasteiger partial charge in [0.05, 0.1) is 12.5 Å². The molecule has 1 N–H and O–H groups in total. The molecule has 1 aromatic rings. The number of methoxy groups -OCH3 is 1. The summed E-state index contributed by atoms with van der Waals surface area (Å²) in [7, 11) is 1.61. The van der Waals surface area contributed by atoms with Crippen LogP contribution in [0.25, 0.3) is 0 Å². The normalized spacial score (nSPS) is 26.1. The van der Waals surface area contributed by atoms with Crippen LogP contribution in [0, 0.1) is 0 Å². The van der Waals surface area contributed by atoms with Gasteiger partial charge in [-0.2, -0.15) is 0 Å². The molecule has 2 amide bonds. The average molecular weight is 245 g/mol. The van der Waals surface area contributed by atoms with E-state index in [1.807, 2.05) is 18.2 Å².